The summed E-state index contributed by atoms with van der Waals surface area (Å²) in [6.45, 7) is 12.4. The molecule has 3 aliphatic carbocycles. The SMILES string of the molecule is CC(C)(C)OC(=O)NC(=Nc1ccc2[nH]c3c(c2c1)C[C@@]1(O)[C@H]2Cc4ccc(O)c5c4[C@@]1(CCN2CC1CC1)[C@H]3O5)N(Cc1ccc(N)cc1)C(=O)OC(C)(C)C. The van der Waals surface area contributed by atoms with Gasteiger partial charge < -0.3 is 35.1 Å². The number of fused-ring (bicyclic) bond motifs is 4. The van der Waals surface area contributed by atoms with Crippen LogP contribution in [0.4, 0.5) is 21.0 Å². The van der Waals surface area contributed by atoms with Crippen molar-refractivity contribution in [3.63, 3.8) is 0 Å². The number of likely N-dealkylation sites (tertiary alicyclic amines) is 1. The molecule has 4 atom stereocenters. The molecule has 3 aromatic carbocycles. The molecule has 2 amide bonds. The summed E-state index contributed by atoms with van der Waals surface area (Å²) in [4.78, 5) is 39.7. The minimum absolute atomic E-state index is 0.00783. The fourth-order valence-corrected chi connectivity index (χ4v) is 9.70. The van der Waals surface area contributed by atoms with Crippen LogP contribution in [0.2, 0.25) is 0 Å². The van der Waals surface area contributed by atoms with Gasteiger partial charge in [0.1, 0.15) is 11.2 Å². The Bertz CT molecular complexity index is 2320. The van der Waals surface area contributed by atoms with Crippen molar-refractivity contribution in [2.24, 2.45) is 10.9 Å². The average Bonchev–Trinajstić information content (AvgIpc) is 3.76. The van der Waals surface area contributed by atoms with Gasteiger partial charge in [-0.1, -0.05) is 18.2 Å². The van der Waals surface area contributed by atoms with Crippen LogP contribution in [0.25, 0.3) is 10.9 Å². The second kappa shape index (κ2) is 12.9. The molecular formula is C44H52N6O7. The number of aromatic hydroxyl groups is 1. The molecule has 0 radical (unpaired) electrons. The van der Waals surface area contributed by atoms with Crippen molar-refractivity contribution >= 4 is 40.4 Å². The van der Waals surface area contributed by atoms with Crippen molar-refractivity contribution in [3.05, 3.63) is 82.5 Å². The number of H-pyrrole nitrogens is 1. The van der Waals surface area contributed by atoms with Gasteiger partial charge in [0.25, 0.3) is 0 Å². The molecule has 6 N–H and O–H groups in total. The van der Waals surface area contributed by atoms with E-state index in [2.05, 4.69) is 15.2 Å². The van der Waals surface area contributed by atoms with Gasteiger partial charge in [-0.15, -0.1) is 0 Å². The first kappa shape index (κ1) is 37.3. The van der Waals surface area contributed by atoms with Crippen LogP contribution in [0, 0.1) is 5.92 Å². The minimum Gasteiger partial charge on any atom is -0.504 e. The summed E-state index contributed by atoms with van der Waals surface area (Å²) in [7, 11) is 0. The lowest BCUT2D eigenvalue weighted by atomic mass is 9.49. The third-order valence-electron chi connectivity index (χ3n) is 12.2. The molecule has 0 unspecified atom stereocenters. The molecule has 13 nitrogen and oxygen atoms in total. The Balaban J connectivity index is 1.16. The highest BCUT2D eigenvalue weighted by atomic mass is 16.6. The molecule has 4 aromatic rings. The maximum Gasteiger partial charge on any atom is 0.417 e. The Morgan fingerprint density at radius 3 is 2.49 bits per heavy atom. The van der Waals surface area contributed by atoms with Gasteiger partial charge >= 0.3 is 12.2 Å². The van der Waals surface area contributed by atoms with E-state index >= 15 is 0 Å². The van der Waals surface area contributed by atoms with Crippen LogP contribution in [0.3, 0.4) is 0 Å². The number of carbonyl (C=O) groups is 2. The van der Waals surface area contributed by atoms with Gasteiger partial charge in [-0.05, 0) is 133 Å². The van der Waals surface area contributed by atoms with Crippen LogP contribution in [0.15, 0.2) is 59.6 Å². The van der Waals surface area contributed by atoms with Crippen molar-refractivity contribution in [2.45, 2.75) is 115 Å². The summed E-state index contributed by atoms with van der Waals surface area (Å²) in [6, 6.07) is 16.3. The monoisotopic (exact) mass is 776 g/mol. The highest BCUT2D eigenvalue weighted by molar-refractivity contribution is 6.03. The lowest BCUT2D eigenvalue weighted by Crippen LogP contribution is -2.74. The molecule has 9 rings (SSSR count). The van der Waals surface area contributed by atoms with Crippen molar-refractivity contribution in [3.8, 4) is 11.5 Å². The number of carbonyl (C=O) groups excluding carboxylic acids is 2. The van der Waals surface area contributed by atoms with Crippen LogP contribution in [0.1, 0.15) is 94.9 Å². The number of nitrogens with zero attached hydrogens (tertiary/aromatic N) is 3. The summed E-state index contributed by atoms with van der Waals surface area (Å²) >= 11 is 0. The third-order valence-corrected chi connectivity index (χ3v) is 12.2. The van der Waals surface area contributed by atoms with E-state index in [-0.39, 0.29) is 24.3 Å². The summed E-state index contributed by atoms with van der Waals surface area (Å²) in [6.07, 6.45) is 2.15. The first-order valence-electron chi connectivity index (χ1n) is 20.0. The van der Waals surface area contributed by atoms with Crippen molar-refractivity contribution in [2.75, 3.05) is 18.8 Å². The highest BCUT2D eigenvalue weighted by Gasteiger charge is 2.73. The van der Waals surface area contributed by atoms with Crippen molar-refractivity contribution in [1.29, 1.82) is 0 Å². The van der Waals surface area contributed by atoms with Gasteiger partial charge in [0.2, 0.25) is 5.96 Å². The maximum absolute atomic E-state index is 14.0. The zero-order valence-corrected chi connectivity index (χ0v) is 33.4. The molecule has 5 aliphatic rings. The maximum atomic E-state index is 14.0. The van der Waals surface area contributed by atoms with E-state index in [1.165, 1.54) is 17.7 Å². The number of ether oxygens (including phenoxy) is 3. The van der Waals surface area contributed by atoms with Crippen LogP contribution >= 0.6 is 0 Å². The van der Waals surface area contributed by atoms with Crippen LogP contribution in [0.5, 0.6) is 11.5 Å². The number of phenols is 1. The molecule has 3 heterocycles. The van der Waals surface area contributed by atoms with Gasteiger partial charge in [0.15, 0.2) is 17.6 Å². The molecule has 1 aromatic heterocycles. The number of rotatable bonds is 5. The Labute approximate surface area is 332 Å². The zero-order valence-electron chi connectivity index (χ0n) is 33.4. The van der Waals surface area contributed by atoms with E-state index in [0.29, 0.717) is 42.3 Å². The quantitative estimate of drug-likeness (QED) is 0.0804. The fraction of sp³-hybridized carbons (Fsp3) is 0.477. The summed E-state index contributed by atoms with van der Waals surface area (Å²) in [5, 5.41) is 28.1. The van der Waals surface area contributed by atoms with E-state index in [1.54, 1.807) is 71.9 Å². The number of nitrogens with one attached hydrogen (secondary N) is 2. The van der Waals surface area contributed by atoms with Crippen LogP contribution in [-0.2, 0) is 34.3 Å². The number of aromatic nitrogens is 1. The lowest BCUT2D eigenvalue weighted by molar-refractivity contribution is -0.173. The molecule has 1 saturated heterocycles. The number of phenolic OH excluding ortho intramolecular Hbond substituents is 1. The zero-order chi connectivity index (χ0) is 40.2. The summed E-state index contributed by atoms with van der Waals surface area (Å²) in [5.74, 6) is 1.13. The number of nitrogen functional groups attached to an aromatic ring is 1. The number of amides is 2. The number of aliphatic hydroxyl groups is 1. The molecule has 2 aliphatic heterocycles. The number of guanidine groups is 1. The van der Waals surface area contributed by atoms with Crippen LogP contribution < -0.4 is 15.8 Å². The molecule has 2 bridgehead atoms. The molecule has 13 heteroatoms. The Morgan fingerprint density at radius 2 is 1.79 bits per heavy atom. The van der Waals surface area contributed by atoms with Gasteiger partial charge in [-0.2, -0.15) is 0 Å². The lowest BCUT2D eigenvalue weighted by Gasteiger charge is -2.62. The first-order chi connectivity index (χ1) is 26.9. The summed E-state index contributed by atoms with van der Waals surface area (Å²) in [5.41, 5.74) is 8.86. The number of hydrogen-bond donors (Lipinski definition) is 5. The standard InChI is InChI=1S/C44H52N6O7/c1-41(2,3)56-39(52)48-38(50(40(53)57-42(4,5)6)23-25-9-12-27(45)13-10-25)46-28-14-15-31-29(20-28)30-21-44(54)33-19-26-11-16-32(51)36-34(26)43(44,37(55-36)35(30)47-31)17-18-49(33)22-24-7-8-24/h9-16,20,24,33,37,47,51,54H,7-8,17-19,21-23,45H2,1-6H3,(H,46,48,52)/t33-,37+,43+,44-/m1/s1. The van der Waals surface area contributed by atoms with Crippen molar-refractivity contribution < 1.29 is 34.0 Å². The van der Waals surface area contributed by atoms with E-state index in [0.717, 1.165) is 51.9 Å². The number of alkyl carbamates (subject to hydrolysis) is 1. The van der Waals surface area contributed by atoms with E-state index in [4.69, 9.17) is 24.9 Å². The topological polar surface area (TPSA) is 175 Å². The van der Waals surface area contributed by atoms with Gasteiger partial charge in [-0.25, -0.2) is 19.5 Å². The molecule has 1 saturated carbocycles. The highest BCUT2D eigenvalue weighted by Crippen LogP contribution is 2.69. The normalized spacial score (nSPS) is 25.0. The fourth-order valence-electron chi connectivity index (χ4n) is 9.70. The molecule has 1 spiro atoms. The Morgan fingerprint density at radius 1 is 1.05 bits per heavy atom. The molecule has 2 fully saturated rings. The number of piperidine rings is 1. The predicted molar refractivity (Wildman–Crippen MR) is 216 cm³/mol. The number of aliphatic imine (C=N–C) groups is 1. The average molecular weight is 777 g/mol. The second-order valence-corrected chi connectivity index (χ2v) is 18.5. The Kier molecular flexibility index (Phi) is 8.43. The number of hydrogen-bond acceptors (Lipinski definition) is 10. The number of aromatic amines is 1. The number of anilines is 1. The molecular weight excluding hydrogens is 725 g/mol. The number of nitrogens with two attached hydrogens (primary N) is 1. The van der Waals surface area contributed by atoms with E-state index in [1.807, 2.05) is 24.3 Å². The molecule has 300 valence electrons. The minimum atomic E-state index is -1.17. The smallest absolute Gasteiger partial charge is 0.417 e. The van der Waals surface area contributed by atoms with E-state index in [9.17, 15) is 19.8 Å². The first-order valence-corrected chi connectivity index (χ1v) is 20.0. The summed E-state index contributed by atoms with van der Waals surface area (Å²) < 4.78 is 18.2. The Hall–Kier alpha value is -5.27. The largest absolute Gasteiger partial charge is 0.504 e. The van der Waals surface area contributed by atoms with Crippen LogP contribution in [-0.4, -0.2) is 79.1 Å². The van der Waals surface area contributed by atoms with Crippen molar-refractivity contribution in [1.82, 2.24) is 20.1 Å². The van der Waals surface area contributed by atoms with Gasteiger partial charge in [0, 0.05) is 41.2 Å². The van der Waals surface area contributed by atoms with Gasteiger partial charge in [0.05, 0.1) is 28.9 Å². The second-order valence-electron chi connectivity index (χ2n) is 18.5. The third kappa shape index (κ3) is 6.35. The number of benzene rings is 3. The predicted octanol–water partition coefficient (Wildman–Crippen LogP) is 7.10. The van der Waals surface area contributed by atoms with E-state index < -0.39 is 40.5 Å². The van der Waals surface area contributed by atoms with Gasteiger partial charge in [-0.3, -0.25) is 10.2 Å². The molecule has 57 heavy (non-hydrogen) atoms.